The molecule has 2 heteroatoms. The summed E-state index contributed by atoms with van der Waals surface area (Å²) >= 11 is 0. The van der Waals surface area contributed by atoms with Gasteiger partial charge < -0.3 is 4.74 Å². The minimum absolute atomic E-state index is 0.0671. The smallest absolute Gasteiger partial charge is 0.164 e. The van der Waals surface area contributed by atoms with Crippen LogP contribution in [0.1, 0.15) is 20.8 Å². The molecule has 0 aromatic rings. The maximum atomic E-state index is 10.9. The SMILES string of the molecule is CC1C(=O)COC1(C)C. The molecule has 1 fully saturated rings. The summed E-state index contributed by atoms with van der Waals surface area (Å²) in [7, 11) is 0. The zero-order valence-corrected chi connectivity index (χ0v) is 6.10. The Morgan fingerprint density at radius 2 is 2.22 bits per heavy atom. The van der Waals surface area contributed by atoms with Gasteiger partial charge in [0.05, 0.1) is 5.60 Å². The average molecular weight is 128 g/mol. The van der Waals surface area contributed by atoms with Gasteiger partial charge in [-0.05, 0) is 13.8 Å². The van der Waals surface area contributed by atoms with Crippen molar-refractivity contribution < 1.29 is 9.53 Å². The molecule has 0 bridgehead atoms. The number of ketones is 1. The summed E-state index contributed by atoms with van der Waals surface area (Å²) in [6, 6.07) is 0. The van der Waals surface area contributed by atoms with Crippen LogP contribution in [-0.4, -0.2) is 18.0 Å². The largest absolute Gasteiger partial charge is 0.367 e. The van der Waals surface area contributed by atoms with E-state index >= 15 is 0 Å². The molecule has 52 valence electrons. The summed E-state index contributed by atoms with van der Waals surface area (Å²) in [6.07, 6.45) is 0. The first-order chi connectivity index (χ1) is 4.04. The third kappa shape index (κ3) is 0.990. The Morgan fingerprint density at radius 1 is 1.67 bits per heavy atom. The number of hydrogen-bond acceptors (Lipinski definition) is 2. The molecule has 0 aromatic carbocycles. The molecule has 0 spiro atoms. The van der Waals surface area contributed by atoms with Gasteiger partial charge in [0.15, 0.2) is 5.78 Å². The molecular formula is C7H12O2. The Labute approximate surface area is 55.2 Å². The molecule has 1 atom stereocenters. The highest BCUT2D eigenvalue weighted by Crippen LogP contribution is 2.27. The fourth-order valence-electron chi connectivity index (χ4n) is 0.895. The van der Waals surface area contributed by atoms with E-state index in [4.69, 9.17) is 4.74 Å². The molecule has 1 aliphatic heterocycles. The number of carbonyl (C=O) groups is 1. The normalized spacial score (nSPS) is 33.2. The summed E-state index contributed by atoms with van der Waals surface area (Å²) in [5, 5.41) is 0. The number of hydrogen-bond donors (Lipinski definition) is 0. The fraction of sp³-hybridized carbons (Fsp3) is 0.857. The van der Waals surface area contributed by atoms with E-state index in [0.717, 1.165) is 0 Å². The second kappa shape index (κ2) is 1.81. The minimum Gasteiger partial charge on any atom is -0.367 e. The average Bonchev–Trinajstić information content (AvgIpc) is 1.97. The molecule has 1 heterocycles. The van der Waals surface area contributed by atoms with Crippen LogP contribution in [0, 0.1) is 5.92 Å². The Hall–Kier alpha value is -0.370. The lowest BCUT2D eigenvalue weighted by Crippen LogP contribution is -2.27. The summed E-state index contributed by atoms with van der Waals surface area (Å²) in [6.45, 7) is 6.11. The first-order valence-corrected chi connectivity index (χ1v) is 3.21. The van der Waals surface area contributed by atoms with Crippen molar-refractivity contribution in [2.24, 2.45) is 5.92 Å². The minimum atomic E-state index is -0.225. The maximum Gasteiger partial charge on any atom is 0.164 e. The van der Waals surface area contributed by atoms with Crippen LogP contribution in [-0.2, 0) is 9.53 Å². The second-order valence-electron chi connectivity index (χ2n) is 3.08. The third-order valence-corrected chi connectivity index (χ3v) is 2.11. The van der Waals surface area contributed by atoms with Gasteiger partial charge in [0.25, 0.3) is 0 Å². The van der Waals surface area contributed by atoms with Crippen LogP contribution in [0.4, 0.5) is 0 Å². The lowest BCUT2D eigenvalue weighted by Gasteiger charge is -2.20. The van der Waals surface area contributed by atoms with Gasteiger partial charge >= 0.3 is 0 Å². The predicted octanol–water partition coefficient (Wildman–Crippen LogP) is 1.00. The molecule has 1 rings (SSSR count). The van der Waals surface area contributed by atoms with Crippen LogP contribution in [0.2, 0.25) is 0 Å². The molecule has 1 saturated heterocycles. The Morgan fingerprint density at radius 3 is 2.33 bits per heavy atom. The molecule has 0 aliphatic carbocycles. The molecule has 1 aliphatic rings. The van der Waals surface area contributed by atoms with E-state index in [9.17, 15) is 4.79 Å². The molecule has 1 unspecified atom stereocenters. The van der Waals surface area contributed by atoms with Crippen LogP contribution in [0.5, 0.6) is 0 Å². The van der Waals surface area contributed by atoms with Gasteiger partial charge in [0.2, 0.25) is 0 Å². The summed E-state index contributed by atoms with van der Waals surface area (Å²) in [5.41, 5.74) is -0.225. The Kier molecular flexibility index (Phi) is 1.35. The molecule has 9 heavy (non-hydrogen) atoms. The van der Waals surface area contributed by atoms with Gasteiger partial charge in [-0.25, -0.2) is 0 Å². The highest BCUT2D eigenvalue weighted by molar-refractivity contribution is 5.84. The standard InChI is InChI=1S/C7H12O2/c1-5-6(8)4-9-7(5,2)3/h5H,4H2,1-3H3. The summed E-state index contributed by atoms with van der Waals surface area (Å²) in [5.74, 6) is 0.289. The van der Waals surface area contributed by atoms with Crippen LogP contribution in [0.25, 0.3) is 0 Å². The topological polar surface area (TPSA) is 26.3 Å². The quantitative estimate of drug-likeness (QED) is 0.486. The fourth-order valence-corrected chi connectivity index (χ4v) is 0.895. The third-order valence-electron chi connectivity index (χ3n) is 2.11. The lowest BCUT2D eigenvalue weighted by molar-refractivity contribution is -0.120. The first kappa shape index (κ1) is 6.75. The first-order valence-electron chi connectivity index (χ1n) is 3.21. The van der Waals surface area contributed by atoms with Crippen molar-refractivity contribution in [1.29, 1.82) is 0 Å². The van der Waals surface area contributed by atoms with Crippen LogP contribution >= 0.6 is 0 Å². The lowest BCUT2D eigenvalue weighted by atomic mass is 9.92. The van der Waals surface area contributed by atoms with Crippen LogP contribution in [0.3, 0.4) is 0 Å². The molecular weight excluding hydrogens is 116 g/mol. The Balaban J connectivity index is 2.73. The Bertz CT molecular complexity index is 138. The van der Waals surface area contributed by atoms with E-state index in [-0.39, 0.29) is 17.3 Å². The van der Waals surface area contributed by atoms with Gasteiger partial charge in [-0.1, -0.05) is 6.92 Å². The van der Waals surface area contributed by atoms with Gasteiger partial charge in [-0.2, -0.15) is 0 Å². The van der Waals surface area contributed by atoms with Crippen molar-refractivity contribution in [3.8, 4) is 0 Å². The van der Waals surface area contributed by atoms with E-state index in [1.807, 2.05) is 20.8 Å². The number of ether oxygens (including phenoxy) is 1. The van der Waals surface area contributed by atoms with E-state index in [1.54, 1.807) is 0 Å². The van der Waals surface area contributed by atoms with Gasteiger partial charge in [-0.3, -0.25) is 4.79 Å². The highest BCUT2D eigenvalue weighted by Gasteiger charge is 2.38. The molecule has 0 saturated carbocycles. The number of carbonyl (C=O) groups excluding carboxylic acids is 1. The van der Waals surface area contributed by atoms with E-state index in [2.05, 4.69) is 0 Å². The summed E-state index contributed by atoms with van der Waals surface area (Å²) < 4.78 is 5.22. The van der Waals surface area contributed by atoms with E-state index in [0.29, 0.717) is 6.61 Å². The van der Waals surface area contributed by atoms with E-state index in [1.165, 1.54) is 0 Å². The molecule has 0 aromatic heterocycles. The number of Topliss-reactive ketones (excluding diaryl/α,β-unsaturated/α-hetero) is 1. The zero-order valence-electron chi connectivity index (χ0n) is 6.10. The predicted molar refractivity (Wildman–Crippen MR) is 34.2 cm³/mol. The van der Waals surface area contributed by atoms with Gasteiger partial charge in [0.1, 0.15) is 6.61 Å². The number of rotatable bonds is 0. The van der Waals surface area contributed by atoms with Crippen LogP contribution < -0.4 is 0 Å². The van der Waals surface area contributed by atoms with Gasteiger partial charge in [0, 0.05) is 5.92 Å². The molecule has 0 N–H and O–H groups in total. The zero-order chi connectivity index (χ0) is 7.07. The van der Waals surface area contributed by atoms with Crippen LogP contribution in [0.15, 0.2) is 0 Å². The molecule has 2 nitrogen and oxygen atoms in total. The monoisotopic (exact) mass is 128 g/mol. The van der Waals surface area contributed by atoms with Crippen molar-refractivity contribution in [3.05, 3.63) is 0 Å². The maximum absolute atomic E-state index is 10.9. The summed E-state index contributed by atoms with van der Waals surface area (Å²) in [4.78, 5) is 10.9. The molecule has 0 amide bonds. The van der Waals surface area contributed by atoms with E-state index < -0.39 is 0 Å². The van der Waals surface area contributed by atoms with Gasteiger partial charge in [-0.15, -0.1) is 0 Å². The van der Waals surface area contributed by atoms with Crippen molar-refractivity contribution in [3.63, 3.8) is 0 Å². The van der Waals surface area contributed by atoms with Crippen molar-refractivity contribution in [2.45, 2.75) is 26.4 Å². The second-order valence-corrected chi connectivity index (χ2v) is 3.08. The van der Waals surface area contributed by atoms with Crippen molar-refractivity contribution in [2.75, 3.05) is 6.61 Å². The molecule has 0 radical (unpaired) electrons. The highest BCUT2D eigenvalue weighted by atomic mass is 16.5. The van der Waals surface area contributed by atoms with Crippen molar-refractivity contribution in [1.82, 2.24) is 0 Å². The van der Waals surface area contributed by atoms with Crippen molar-refractivity contribution >= 4 is 5.78 Å².